The summed E-state index contributed by atoms with van der Waals surface area (Å²) < 4.78 is 10.9. The minimum atomic E-state index is -0.0565. The number of likely N-dealkylation sites (N-methyl/N-ethyl adjacent to an activating group) is 1. The Hall–Kier alpha value is -3.31. The van der Waals surface area contributed by atoms with Gasteiger partial charge in [0.15, 0.2) is 0 Å². The van der Waals surface area contributed by atoms with Gasteiger partial charge in [-0.15, -0.1) is 0 Å². The van der Waals surface area contributed by atoms with Crippen molar-refractivity contribution in [3.05, 3.63) is 90.0 Å². The molecule has 5 heteroatoms. The molecule has 0 aliphatic carbocycles. The van der Waals surface area contributed by atoms with Crippen molar-refractivity contribution < 1.29 is 14.3 Å². The Morgan fingerprint density at radius 3 is 2.17 bits per heavy atom. The lowest BCUT2D eigenvalue weighted by Crippen LogP contribution is -2.29. The van der Waals surface area contributed by atoms with Gasteiger partial charge < -0.3 is 14.8 Å². The van der Waals surface area contributed by atoms with Gasteiger partial charge in [0, 0.05) is 12.2 Å². The number of rotatable bonds is 9. The van der Waals surface area contributed by atoms with Crippen LogP contribution < -0.4 is 14.8 Å². The first-order valence-corrected chi connectivity index (χ1v) is 9.50. The van der Waals surface area contributed by atoms with Crippen molar-refractivity contribution in [3.63, 3.8) is 0 Å². The van der Waals surface area contributed by atoms with Crippen LogP contribution in [0.15, 0.2) is 78.9 Å². The second-order valence-corrected chi connectivity index (χ2v) is 6.87. The van der Waals surface area contributed by atoms with Gasteiger partial charge in [0.1, 0.15) is 18.1 Å². The molecule has 0 aliphatic heterocycles. The number of carbonyl (C=O) groups excluding carboxylic acids is 1. The highest BCUT2D eigenvalue weighted by molar-refractivity contribution is 5.92. The smallest absolute Gasteiger partial charge is 0.238 e. The Kier molecular flexibility index (Phi) is 7.25. The van der Waals surface area contributed by atoms with E-state index in [1.165, 1.54) is 0 Å². The average molecular weight is 390 g/mol. The van der Waals surface area contributed by atoms with E-state index in [0.717, 1.165) is 28.3 Å². The van der Waals surface area contributed by atoms with Crippen LogP contribution in [0.1, 0.15) is 11.1 Å². The monoisotopic (exact) mass is 390 g/mol. The lowest BCUT2D eigenvalue weighted by Gasteiger charge is -2.16. The molecule has 0 atom stereocenters. The normalized spacial score (nSPS) is 10.6. The molecule has 0 fully saturated rings. The minimum absolute atomic E-state index is 0.0565. The van der Waals surface area contributed by atoms with Gasteiger partial charge in [-0.3, -0.25) is 9.69 Å². The molecule has 0 aliphatic rings. The number of carbonyl (C=O) groups is 1. The largest absolute Gasteiger partial charge is 0.497 e. The van der Waals surface area contributed by atoms with Crippen LogP contribution in [0.25, 0.3) is 0 Å². The van der Waals surface area contributed by atoms with Gasteiger partial charge in [0.05, 0.1) is 13.7 Å². The van der Waals surface area contributed by atoms with E-state index in [9.17, 15) is 4.79 Å². The lowest BCUT2D eigenvalue weighted by atomic mass is 10.2. The zero-order valence-corrected chi connectivity index (χ0v) is 16.8. The molecule has 3 aromatic carbocycles. The predicted octanol–water partition coefficient (Wildman–Crippen LogP) is 4.34. The highest BCUT2D eigenvalue weighted by Crippen LogP contribution is 2.17. The van der Waals surface area contributed by atoms with E-state index in [4.69, 9.17) is 9.47 Å². The number of benzene rings is 3. The van der Waals surface area contributed by atoms with Crippen LogP contribution in [-0.2, 0) is 17.9 Å². The van der Waals surface area contributed by atoms with Crippen LogP contribution >= 0.6 is 0 Å². The van der Waals surface area contributed by atoms with Crippen LogP contribution in [0.5, 0.6) is 11.5 Å². The Morgan fingerprint density at radius 2 is 1.52 bits per heavy atom. The van der Waals surface area contributed by atoms with E-state index < -0.39 is 0 Å². The predicted molar refractivity (Wildman–Crippen MR) is 115 cm³/mol. The van der Waals surface area contributed by atoms with Gasteiger partial charge in [-0.2, -0.15) is 0 Å². The molecule has 0 aromatic heterocycles. The summed E-state index contributed by atoms with van der Waals surface area (Å²) in [5.74, 6) is 1.53. The Balaban J connectivity index is 1.44. The molecular formula is C24H26N2O3. The van der Waals surface area contributed by atoms with Crippen LogP contribution in [-0.4, -0.2) is 31.5 Å². The van der Waals surface area contributed by atoms with Crippen molar-refractivity contribution in [3.8, 4) is 11.5 Å². The number of anilines is 1. The van der Waals surface area contributed by atoms with Crippen LogP contribution in [0, 0.1) is 0 Å². The summed E-state index contributed by atoms with van der Waals surface area (Å²) in [5.41, 5.74) is 2.99. The number of hydrogen-bond acceptors (Lipinski definition) is 4. The molecule has 0 unspecified atom stereocenters. The topological polar surface area (TPSA) is 50.8 Å². The van der Waals surface area contributed by atoms with Gasteiger partial charge in [0.2, 0.25) is 5.91 Å². The Labute approximate surface area is 171 Å². The Bertz CT molecular complexity index is 894. The molecular weight excluding hydrogens is 364 g/mol. The van der Waals surface area contributed by atoms with Crippen LogP contribution in [0.3, 0.4) is 0 Å². The third kappa shape index (κ3) is 6.66. The molecule has 5 nitrogen and oxygen atoms in total. The number of ether oxygens (including phenoxy) is 2. The molecule has 3 rings (SSSR count). The van der Waals surface area contributed by atoms with Crippen LogP contribution in [0.2, 0.25) is 0 Å². The maximum absolute atomic E-state index is 12.3. The second kappa shape index (κ2) is 10.3. The van der Waals surface area contributed by atoms with E-state index in [1.54, 1.807) is 7.11 Å². The summed E-state index contributed by atoms with van der Waals surface area (Å²) in [5, 5.41) is 2.92. The van der Waals surface area contributed by atoms with Crippen molar-refractivity contribution in [1.82, 2.24) is 4.90 Å². The van der Waals surface area contributed by atoms with Crippen molar-refractivity contribution in [2.24, 2.45) is 0 Å². The number of nitrogens with one attached hydrogen (secondary N) is 1. The van der Waals surface area contributed by atoms with E-state index in [2.05, 4.69) is 5.32 Å². The molecule has 150 valence electrons. The summed E-state index contributed by atoms with van der Waals surface area (Å²) >= 11 is 0. The van der Waals surface area contributed by atoms with Crippen molar-refractivity contribution in [2.75, 3.05) is 26.0 Å². The minimum Gasteiger partial charge on any atom is -0.497 e. The van der Waals surface area contributed by atoms with Gasteiger partial charge in [-0.1, -0.05) is 42.5 Å². The quantitative estimate of drug-likeness (QED) is 0.590. The standard InChI is InChI=1S/C24H26N2O3/c1-26(16-19-8-12-22(28-2)13-9-19)17-24(27)25-21-10-14-23(15-11-21)29-18-20-6-4-3-5-7-20/h3-15H,16-18H2,1-2H3,(H,25,27). The molecule has 0 saturated carbocycles. The molecule has 0 spiro atoms. The second-order valence-electron chi connectivity index (χ2n) is 6.87. The molecule has 1 N–H and O–H groups in total. The summed E-state index contributed by atoms with van der Waals surface area (Å²) in [4.78, 5) is 14.3. The number of nitrogens with zero attached hydrogens (tertiary/aromatic N) is 1. The van der Waals surface area contributed by atoms with E-state index >= 15 is 0 Å². The summed E-state index contributed by atoms with van der Waals surface area (Å²) in [6, 6.07) is 25.3. The SMILES string of the molecule is COc1ccc(CN(C)CC(=O)Nc2ccc(OCc3ccccc3)cc2)cc1. The van der Waals surface area contributed by atoms with Crippen molar-refractivity contribution in [1.29, 1.82) is 0 Å². The fourth-order valence-corrected chi connectivity index (χ4v) is 2.92. The molecule has 0 radical (unpaired) electrons. The van der Waals surface area contributed by atoms with Gasteiger partial charge in [-0.05, 0) is 54.6 Å². The van der Waals surface area contributed by atoms with E-state index in [0.29, 0.717) is 19.7 Å². The highest BCUT2D eigenvalue weighted by Gasteiger charge is 2.08. The first-order valence-electron chi connectivity index (χ1n) is 9.50. The number of hydrogen-bond donors (Lipinski definition) is 1. The summed E-state index contributed by atoms with van der Waals surface area (Å²) in [7, 11) is 3.57. The molecule has 0 bridgehead atoms. The van der Waals surface area contributed by atoms with Crippen LogP contribution in [0.4, 0.5) is 5.69 Å². The summed E-state index contributed by atoms with van der Waals surface area (Å²) in [6.07, 6.45) is 0. The zero-order valence-electron chi connectivity index (χ0n) is 16.8. The first-order chi connectivity index (χ1) is 14.1. The van der Waals surface area contributed by atoms with E-state index in [1.807, 2.05) is 90.8 Å². The van der Waals surface area contributed by atoms with Crippen molar-refractivity contribution >= 4 is 11.6 Å². The summed E-state index contributed by atoms with van der Waals surface area (Å²) in [6.45, 7) is 1.50. The maximum Gasteiger partial charge on any atom is 0.238 e. The Morgan fingerprint density at radius 1 is 0.862 bits per heavy atom. The maximum atomic E-state index is 12.3. The number of amides is 1. The fraction of sp³-hybridized carbons (Fsp3) is 0.208. The first kappa shape index (κ1) is 20.4. The molecule has 0 saturated heterocycles. The third-order valence-electron chi connectivity index (χ3n) is 4.41. The lowest BCUT2D eigenvalue weighted by molar-refractivity contribution is -0.117. The third-order valence-corrected chi connectivity index (χ3v) is 4.41. The molecule has 3 aromatic rings. The molecule has 1 amide bonds. The molecule has 29 heavy (non-hydrogen) atoms. The molecule has 0 heterocycles. The zero-order chi connectivity index (χ0) is 20.5. The number of methoxy groups -OCH3 is 1. The average Bonchev–Trinajstić information content (AvgIpc) is 2.74. The van der Waals surface area contributed by atoms with E-state index in [-0.39, 0.29) is 5.91 Å². The van der Waals surface area contributed by atoms with Crippen molar-refractivity contribution in [2.45, 2.75) is 13.2 Å². The highest BCUT2D eigenvalue weighted by atomic mass is 16.5. The van der Waals surface area contributed by atoms with Gasteiger partial charge >= 0.3 is 0 Å². The van der Waals surface area contributed by atoms with Gasteiger partial charge in [0.25, 0.3) is 0 Å². The fourth-order valence-electron chi connectivity index (χ4n) is 2.92. The van der Waals surface area contributed by atoms with Gasteiger partial charge in [-0.25, -0.2) is 0 Å².